The molecule has 0 aromatic heterocycles. The van der Waals surface area contributed by atoms with E-state index in [9.17, 15) is 4.79 Å². The van der Waals surface area contributed by atoms with Crippen LogP contribution in [0.1, 0.15) is 25.7 Å². The van der Waals surface area contributed by atoms with Crippen molar-refractivity contribution >= 4 is 49.4 Å². The van der Waals surface area contributed by atoms with Crippen molar-refractivity contribution in [1.29, 1.82) is 0 Å². The van der Waals surface area contributed by atoms with Crippen LogP contribution in [0, 0.1) is 5.92 Å². The van der Waals surface area contributed by atoms with Gasteiger partial charge in [0, 0.05) is 10.2 Å². The molecule has 0 bridgehead atoms. The molecule has 1 saturated carbocycles. The van der Waals surface area contributed by atoms with E-state index in [-0.39, 0.29) is 16.1 Å². The van der Waals surface area contributed by atoms with E-state index in [4.69, 9.17) is 16.7 Å². The maximum Gasteiger partial charge on any atom is 0.318 e. The third kappa shape index (κ3) is 3.11. The molecule has 1 fully saturated rings. The minimum Gasteiger partial charge on any atom is -0.480 e. The number of rotatable bonds is 3. The number of carbonyl (C=O) groups is 1. The molecule has 4 unspecified atom stereocenters. The Morgan fingerprint density at radius 2 is 1.93 bits per heavy atom. The molecule has 0 aliphatic heterocycles. The monoisotopic (exact) mass is 346 g/mol. The maximum absolute atomic E-state index is 10.8. The van der Waals surface area contributed by atoms with Gasteiger partial charge in [0.05, 0.1) is 0 Å². The van der Waals surface area contributed by atoms with E-state index in [1.165, 1.54) is 0 Å². The predicted molar refractivity (Wildman–Crippen MR) is 64.7 cm³/mol. The maximum atomic E-state index is 10.8. The minimum atomic E-state index is -0.832. The van der Waals surface area contributed by atoms with E-state index in [0.29, 0.717) is 0 Å². The van der Waals surface area contributed by atoms with Crippen LogP contribution in [0.3, 0.4) is 0 Å². The summed E-state index contributed by atoms with van der Waals surface area (Å²) in [7, 11) is 0. The summed E-state index contributed by atoms with van der Waals surface area (Å²) in [5, 5.41) is 8.95. The second-order valence-corrected chi connectivity index (χ2v) is 6.25. The molecule has 5 heteroatoms. The first kappa shape index (κ1) is 12.8. The quantitative estimate of drug-likeness (QED) is 0.794. The predicted octanol–water partition coefficient (Wildman–Crippen LogP) is 3.40. The van der Waals surface area contributed by atoms with Crippen LogP contribution in [0.15, 0.2) is 0 Å². The first-order chi connectivity index (χ1) is 6.54. The fourth-order valence-electron chi connectivity index (χ4n) is 1.83. The molecule has 1 rings (SSSR count). The van der Waals surface area contributed by atoms with Gasteiger partial charge in [0.2, 0.25) is 0 Å². The van der Waals surface area contributed by atoms with Crippen LogP contribution >= 0.6 is 43.5 Å². The van der Waals surface area contributed by atoms with Gasteiger partial charge in [-0.25, -0.2) is 0 Å². The van der Waals surface area contributed by atoms with Crippen molar-refractivity contribution in [1.82, 2.24) is 0 Å². The van der Waals surface area contributed by atoms with E-state index >= 15 is 0 Å². The lowest BCUT2D eigenvalue weighted by atomic mass is 9.85. The zero-order valence-electron chi connectivity index (χ0n) is 7.63. The highest BCUT2D eigenvalue weighted by molar-refractivity contribution is 9.12. The number of hydrogen-bond acceptors (Lipinski definition) is 1. The zero-order chi connectivity index (χ0) is 10.7. The Bertz CT molecular complexity index is 213. The summed E-state index contributed by atoms with van der Waals surface area (Å²) in [5.74, 6) is -0.577. The molecule has 0 radical (unpaired) electrons. The highest BCUT2D eigenvalue weighted by atomic mass is 79.9. The number of carboxylic acids is 1. The number of hydrogen-bond donors (Lipinski definition) is 1. The van der Waals surface area contributed by atoms with Gasteiger partial charge in [-0.15, -0.1) is 11.6 Å². The van der Waals surface area contributed by atoms with Gasteiger partial charge in [0.25, 0.3) is 0 Å². The fraction of sp³-hybridized carbons (Fsp3) is 0.889. The molecular formula is C9H13Br2ClO2. The molecule has 4 atom stereocenters. The van der Waals surface area contributed by atoms with Gasteiger partial charge in [-0.2, -0.15) is 0 Å². The lowest BCUT2D eigenvalue weighted by Gasteiger charge is -2.32. The molecule has 1 aliphatic carbocycles. The van der Waals surface area contributed by atoms with Crippen LogP contribution in [0.5, 0.6) is 0 Å². The highest BCUT2D eigenvalue weighted by Crippen LogP contribution is 2.37. The summed E-state index contributed by atoms with van der Waals surface area (Å²) in [6.07, 6.45) is 4.31. The Labute approximate surface area is 106 Å². The largest absolute Gasteiger partial charge is 0.480 e. The average molecular weight is 348 g/mol. The third-order valence-electron chi connectivity index (χ3n) is 2.66. The molecule has 0 spiro atoms. The lowest BCUT2D eigenvalue weighted by molar-refractivity contribution is -0.136. The van der Waals surface area contributed by atoms with Crippen molar-refractivity contribution in [3.05, 3.63) is 0 Å². The Hall–Kier alpha value is 0.720. The Morgan fingerprint density at radius 1 is 1.36 bits per heavy atom. The lowest BCUT2D eigenvalue weighted by Crippen LogP contribution is -2.36. The van der Waals surface area contributed by atoms with E-state index in [2.05, 4.69) is 31.9 Å². The van der Waals surface area contributed by atoms with Gasteiger partial charge in [0.15, 0.2) is 0 Å². The molecule has 1 N–H and O–H groups in total. The summed E-state index contributed by atoms with van der Waals surface area (Å²) < 4.78 is 0. The van der Waals surface area contributed by atoms with Crippen LogP contribution in [0.2, 0.25) is 0 Å². The molecule has 0 saturated heterocycles. The van der Waals surface area contributed by atoms with Crippen LogP contribution in [0.25, 0.3) is 0 Å². The topological polar surface area (TPSA) is 37.3 Å². The standard InChI is InChI=1S/C9H13Br2ClO2/c10-7(8(11)9(13)14)5-3-1-2-4-6(5)12/h5-8H,1-4H2,(H,13,14). The molecule has 0 amide bonds. The van der Waals surface area contributed by atoms with E-state index < -0.39 is 10.8 Å². The molecule has 0 aromatic rings. The van der Waals surface area contributed by atoms with E-state index in [1.54, 1.807) is 0 Å². The van der Waals surface area contributed by atoms with E-state index in [1.807, 2.05) is 0 Å². The minimum absolute atomic E-state index is 0.0807. The molecule has 2 nitrogen and oxygen atoms in total. The van der Waals surface area contributed by atoms with Crippen LogP contribution < -0.4 is 0 Å². The second-order valence-electron chi connectivity index (χ2n) is 3.65. The van der Waals surface area contributed by atoms with Gasteiger partial charge in [-0.3, -0.25) is 4.79 Å². The Morgan fingerprint density at radius 3 is 2.43 bits per heavy atom. The van der Waals surface area contributed by atoms with Crippen molar-refractivity contribution in [3.63, 3.8) is 0 Å². The van der Waals surface area contributed by atoms with Gasteiger partial charge in [0.1, 0.15) is 4.83 Å². The molecule has 0 heterocycles. The molecule has 82 valence electrons. The summed E-state index contributed by atoms with van der Waals surface area (Å²) in [5.41, 5.74) is 0. The summed E-state index contributed by atoms with van der Waals surface area (Å²) in [6, 6.07) is 0. The number of alkyl halides is 3. The SMILES string of the molecule is O=C(O)C(Br)C(Br)C1CCCCC1Cl. The van der Waals surface area contributed by atoms with Crippen molar-refractivity contribution in [2.75, 3.05) is 0 Å². The van der Waals surface area contributed by atoms with Crippen molar-refractivity contribution in [3.8, 4) is 0 Å². The van der Waals surface area contributed by atoms with Gasteiger partial charge >= 0.3 is 5.97 Å². The Kier molecular flexibility index (Phi) is 5.21. The van der Waals surface area contributed by atoms with Gasteiger partial charge in [-0.1, -0.05) is 44.7 Å². The summed E-state index contributed by atoms with van der Waals surface area (Å²) in [4.78, 5) is 10.1. The number of carboxylic acid groups (broad SMARTS) is 1. The molecule has 0 aromatic carbocycles. The summed E-state index contributed by atoms with van der Waals surface area (Å²) >= 11 is 12.8. The summed E-state index contributed by atoms with van der Waals surface area (Å²) in [6.45, 7) is 0. The fourth-order valence-corrected chi connectivity index (χ4v) is 3.69. The van der Waals surface area contributed by atoms with Crippen LogP contribution in [0.4, 0.5) is 0 Å². The van der Waals surface area contributed by atoms with Crippen molar-refractivity contribution < 1.29 is 9.90 Å². The number of halogens is 3. The molecular weight excluding hydrogens is 335 g/mol. The van der Waals surface area contributed by atoms with Gasteiger partial charge < -0.3 is 5.11 Å². The van der Waals surface area contributed by atoms with E-state index in [0.717, 1.165) is 25.7 Å². The second kappa shape index (κ2) is 5.71. The van der Waals surface area contributed by atoms with Crippen molar-refractivity contribution in [2.45, 2.75) is 40.7 Å². The van der Waals surface area contributed by atoms with Crippen molar-refractivity contribution in [2.24, 2.45) is 5.92 Å². The first-order valence-electron chi connectivity index (χ1n) is 4.69. The number of aliphatic carboxylic acids is 1. The zero-order valence-corrected chi connectivity index (χ0v) is 11.6. The smallest absolute Gasteiger partial charge is 0.318 e. The first-order valence-corrected chi connectivity index (χ1v) is 6.96. The third-order valence-corrected chi connectivity index (χ3v) is 6.08. The normalized spacial score (nSPS) is 32.2. The molecule has 1 aliphatic rings. The molecule has 14 heavy (non-hydrogen) atoms. The highest BCUT2D eigenvalue weighted by Gasteiger charge is 2.35. The average Bonchev–Trinajstić information content (AvgIpc) is 2.16. The van der Waals surface area contributed by atoms with Gasteiger partial charge in [-0.05, 0) is 18.8 Å². The Balaban J connectivity index is 2.57. The van der Waals surface area contributed by atoms with Crippen LogP contribution in [-0.4, -0.2) is 26.1 Å². The van der Waals surface area contributed by atoms with Crippen LogP contribution in [-0.2, 0) is 4.79 Å².